The second kappa shape index (κ2) is 4.67. The number of fused-ring (bicyclic) bond motifs is 2. The number of benzene rings is 2. The normalized spacial score (nSPS) is 16.7. The molecule has 0 aromatic heterocycles. The molecule has 4 rings (SSSR count). The number of rotatable bonds is 2. The second-order valence-corrected chi connectivity index (χ2v) is 5.30. The fraction of sp³-hybridized carbons (Fsp3) is 0.235. The van der Waals surface area contributed by atoms with E-state index in [4.69, 9.17) is 4.99 Å². The van der Waals surface area contributed by atoms with Crippen molar-refractivity contribution < 1.29 is 0 Å². The van der Waals surface area contributed by atoms with Crippen molar-refractivity contribution in [2.24, 2.45) is 4.99 Å². The molecule has 2 aromatic carbocycles. The Morgan fingerprint density at radius 1 is 0.950 bits per heavy atom. The van der Waals surface area contributed by atoms with Crippen LogP contribution in [-0.2, 0) is 13.1 Å². The van der Waals surface area contributed by atoms with Crippen LogP contribution in [0, 0.1) is 0 Å². The molecule has 0 atom stereocenters. The predicted molar refractivity (Wildman–Crippen MR) is 81.8 cm³/mol. The highest BCUT2D eigenvalue weighted by atomic mass is 15.4. The third-order valence-corrected chi connectivity index (χ3v) is 3.97. The van der Waals surface area contributed by atoms with Gasteiger partial charge in [-0.2, -0.15) is 0 Å². The molecular formula is C17H17N3. The zero-order valence-corrected chi connectivity index (χ0v) is 11.4. The molecule has 3 heteroatoms. The lowest BCUT2D eigenvalue weighted by atomic mass is 10.1. The molecule has 100 valence electrons. The molecule has 0 amide bonds. The van der Waals surface area contributed by atoms with Crippen LogP contribution in [0.25, 0.3) is 0 Å². The van der Waals surface area contributed by atoms with Gasteiger partial charge >= 0.3 is 0 Å². The van der Waals surface area contributed by atoms with Crippen LogP contribution in [0.3, 0.4) is 0 Å². The van der Waals surface area contributed by atoms with Crippen LogP contribution < -0.4 is 4.90 Å². The largest absolute Gasteiger partial charge is 0.336 e. The highest BCUT2D eigenvalue weighted by molar-refractivity contribution is 5.99. The number of hydrogen-bond donors (Lipinski definition) is 0. The Morgan fingerprint density at radius 3 is 2.65 bits per heavy atom. The minimum absolute atomic E-state index is 0.882. The molecule has 0 bridgehead atoms. The Morgan fingerprint density at radius 2 is 1.75 bits per heavy atom. The van der Waals surface area contributed by atoms with E-state index in [2.05, 4.69) is 64.4 Å². The lowest BCUT2D eigenvalue weighted by molar-refractivity contribution is 0.434. The maximum Gasteiger partial charge on any atom is 0.201 e. The molecule has 0 N–H and O–H groups in total. The number of para-hydroxylation sites is 1. The third kappa shape index (κ3) is 1.86. The SMILES string of the molecule is c1ccc(CN2C3=NCCN3Cc3ccccc32)cc1. The first kappa shape index (κ1) is 11.5. The molecule has 2 aliphatic heterocycles. The average Bonchev–Trinajstić information content (AvgIpc) is 2.96. The predicted octanol–water partition coefficient (Wildman–Crippen LogP) is 2.88. The van der Waals surface area contributed by atoms with Gasteiger partial charge in [0.1, 0.15) is 0 Å². The maximum absolute atomic E-state index is 4.70. The lowest BCUT2D eigenvalue weighted by Gasteiger charge is -2.37. The zero-order chi connectivity index (χ0) is 13.4. The van der Waals surface area contributed by atoms with Crippen LogP contribution >= 0.6 is 0 Å². The van der Waals surface area contributed by atoms with E-state index in [-0.39, 0.29) is 0 Å². The smallest absolute Gasteiger partial charge is 0.201 e. The number of nitrogens with zero attached hydrogens (tertiary/aromatic N) is 3. The number of guanidine groups is 1. The van der Waals surface area contributed by atoms with Crippen molar-refractivity contribution in [2.75, 3.05) is 18.0 Å². The summed E-state index contributed by atoms with van der Waals surface area (Å²) in [5, 5.41) is 0. The van der Waals surface area contributed by atoms with E-state index in [0.717, 1.165) is 32.1 Å². The Kier molecular flexibility index (Phi) is 2.69. The van der Waals surface area contributed by atoms with E-state index >= 15 is 0 Å². The van der Waals surface area contributed by atoms with E-state index in [1.165, 1.54) is 16.8 Å². The third-order valence-electron chi connectivity index (χ3n) is 3.97. The highest BCUT2D eigenvalue weighted by Gasteiger charge is 2.30. The summed E-state index contributed by atoms with van der Waals surface area (Å²) in [5.74, 6) is 1.13. The van der Waals surface area contributed by atoms with E-state index in [1.807, 2.05) is 0 Å². The molecular weight excluding hydrogens is 246 g/mol. The van der Waals surface area contributed by atoms with E-state index in [1.54, 1.807) is 0 Å². The zero-order valence-electron chi connectivity index (χ0n) is 11.4. The first-order valence-corrected chi connectivity index (χ1v) is 7.10. The molecule has 0 aliphatic carbocycles. The molecule has 0 spiro atoms. The molecule has 2 heterocycles. The van der Waals surface area contributed by atoms with Crippen molar-refractivity contribution >= 4 is 11.6 Å². The van der Waals surface area contributed by atoms with E-state index < -0.39 is 0 Å². The summed E-state index contributed by atoms with van der Waals surface area (Å²) in [6.07, 6.45) is 0. The molecule has 0 saturated carbocycles. The second-order valence-electron chi connectivity index (χ2n) is 5.30. The van der Waals surface area contributed by atoms with Crippen LogP contribution in [0.5, 0.6) is 0 Å². The van der Waals surface area contributed by atoms with Gasteiger partial charge in [-0.3, -0.25) is 4.99 Å². The summed E-state index contributed by atoms with van der Waals surface area (Å²) in [4.78, 5) is 9.43. The monoisotopic (exact) mass is 263 g/mol. The van der Waals surface area contributed by atoms with Gasteiger partial charge < -0.3 is 9.80 Å². The Labute approximate surface area is 119 Å². The van der Waals surface area contributed by atoms with Gasteiger partial charge in [-0.15, -0.1) is 0 Å². The van der Waals surface area contributed by atoms with Crippen molar-refractivity contribution in [2.45, 2.75) is 13.1 Å². The van der Waals surface area contributed by atoms with E-state index in [9.17, 15) is 0 Å². The molecule has 0 fully saturated rings. The quantitative estimate of drug-likeness (QED) is 0.829. The molecule has 2 aliphatic rings. The van der Waals surface area contributed by atoms with Gasteiger partial charge in [-0.25, -0.2) is 0 Å². The summed E-state index contributed by atoms with van der Waals surface area (Å²) in [6.45, 7) is 3.82. The van der Waals surface area contributed by atoms with E-state index in [0.29, 0.717) is 0 Å². The molecule has 0 saturated heterocycles. The summed E-state index contributed by atoms with van der Waals surface area (Å²) in [5.41, 5.74) is 4.01. The Bertz CT molecular complexity index is 648. The summed E-state index contributed by atoms with van der Waals surface area (Å²) in [7, 11) is 0. The maximum atomic E-state index is 4.70. The first-order valence-electron chi connectivity index (χ1n) is 7.10. The minimum atomic E-state index is 0.882. The van der Waals surface area contributed by atoms with Crippen molar-refractivity contribution in [3.8, 4) is 0 Å². The number of aliphatic imine (C=N–C) groups is 1. The van der Waals surface area contributed by atoms with Crippen molar-refractivity contribution in [3.63, 3.8) is 0 Å². The topological polar surface area (TPSA) is 18.8 Å². The Balaban J connectivity index is 1.75. The van der Waals surface area contributed by atoms with Gasteiger partial charge in [0.25, 0.3) is 0 Å². The van der Waals surface area contributed by atoms with Gasteiger partial charge in [0.05, 0.1) is 13.1 Å². The number of hydrogen-bond acceptors (Lipinski definition) is 3. The van der Waals surface area contributed by atoms with Gasteiger partial charge in [0.2, 0.25) is 5.96 Å². The van der Waals surface area contributed by atoms with Crippen LogP contribution in [-0.4, -0.2) is 23.9 Å². The lowest BCUT2D eigenvalue weighted by Crippen LogP contribution is -2.45. The van der Waals surface area contributed by atoms with Crippen LogP contribution in [0.1, 0.15) is 11.1 Å². The molecule has 0 unspecified atom stereocenters. The van der Waals surface area contributed by atoms with Crippen LogP contribution in [0.15, 0.2) is 59.6 Å². The van der Waals surface area contributed by atoms with Crippen molar-refractivity contribution in [1.82, 2.24) is 4.90 Å². The van der Waals surface area contributed by atoms with Crippen molar-refractivity contribution in [1.29, 1.82) is 0 Å². The fourth-order valence-electron chi connectivity index (χ4n) is 3.02. The average molecular weight is 263 g/mol. The van der Waals surface area contributed by atoms with Gasteiger partial charge in [0, 0.05) is 18.8 Å². The van der Waals surface area contributed by atoms with Crippen molar-refractivity contribution in [3.05, 3.63) is 65.7 Å². The van der Waals surface area contributed by atoms with Gasteiger partial charge in [0.15, 0.2) is 0 Å². The minimum Gasteiger partial charge on any atom is -0.336 e. The highest BCUT2D eigenvalue weighted by Crippen LogP contribution is 2.31. The molecule has 3 nitrogen and oxygen atoms in total. The first-order chi connectivity index (χ1) is 9.92. The molecule has 0 radical (unpaired) electrons. The van der Waals surface area contributed by atoms with Crippen LogP contribution in [0.2, 0.25) is 0 Å². The molecule has 2 aromatic rings. The Hall–Kier alpha value is -2.29. The molecule has 20 heavy (non-hydrogen) atoms. The van der Waals surface area contributed by atoms with Crippen LogP contribution in [0.4, 0.5) is 5.69 Å². The summed E-state index contributed by atoms with van der Waals surface area (Å²) >= 11 is 0. The standard InChI is InChI=1S/C17H17N3/c1-2-6-14(7-3-1)12-20-16-9-5-4-8-15(16)13-19-11-10-18-17(19)20/h1-9H,10-13H2. The summed E-state index contributed by atoms with van der Waals surface area (Å²) in [6, 6.07) is 19.3. The number of anilines is 1. The van der Waals surface area contributed by atoms with Gasteiger partial charge in [-0.1, -0.05) is 48.5 Å². The van der Waals surface area contributed by atoms with Gasteiger partial charge in [-0.05, 0) is 17.2 Å². The summed E-state index contributed by atoms with van der Waals surface area (Å²) < 4.78 is 0. The fourth-order valence-corrected chi connectivity index (χ4v) is 3.02.